The standard InChI is InChI=1S/C20H41N/c1-16(2)14-20(8,9)21-12-10-17(11-13-21)19(6,7)15-18(3,4)5/h16-17H,10-15H2,1-9H3. The molecule has 0 aromatic carbocycles. The van der Waals surface area contributed by atoms with E-state index in [1.807, 2.05) is 0 Å². The third kappa shape index (κ3) is 5.93. The van der Waals surface area contributed by atoms with Crippen molar-refractivity contribution in [2.75, 3.05) is 13.1 Å². The van der Waals surface area contributed by atoms with Crippen molar-refractivity contribution in [2.24, 2.45) is 22.7 Å². The van der Waals surface area contributed by atoms with E-state index in [9.17, 15) is 0 Å². The molecule has 1 saturated heterocycles. The summed E-state index contributed by atoms with van der Waals surface area (Å²) in [5.74, 6) is 1.68. The fourth-order valence-corrected chi connectivity index (χ4v) is 4.91. The predicted octanol–water partition coefficient (Wildman–Crippen LogP) is 5.99. The van der Waals surface area contributed by atoms with Crippen LogP contribution in [0.5, 0.6) is 0 Å². The fraction of sp³-hybridized carbons (Fsp3) is 1.00. The Bertz CT molecular complexity index is 311. The van der Waals surface area contributed by atoms with Crippen LogP contribution in [0, 0.1) is 22.7 Å². The fourth-order valence-electron chi connectivity index (χ4n) is 4.91. The van der Waals surface area contributed by atoms with Crippen molar-refractivity contribution in [3.05, 3.63) is 0 Å². The van der Waals surface area contributed by atoms with E-state index in [2.05, 4.69) is 67.2 Å². The molecular weight excluding hydrogens is 254 g/mol. The molecule has 0 aromatic rings. The van der Waals surface area contributed by atoms with Crippen LogP contribution in [0.1, 0.15) is 88.0 Å². The molecule has 0 aromatic heterocycles. The third-order valence-corrected chi connectivity index (χ3v) is 5.35. The molecule has 0 saturated carbocycles. The molecule has 0 atom stereocenters. The van der Waals surface area contributed by atoms with Crippen molar-refractivity contribution < 1.29 is 0 Å². The van der Waals surface area contributed by atoms with E-state index in [1.165, 1.54) is 38.8 Å². The summed E-state index contributed by atoms with van der Waals surface area (Å²) in [5.41, 5.74) is 1.29. The zero-order valence-corrected chi connectivity index (χ0v) is 16.3. The van der Waals surface area contributed by atoms with Gasteiger partial charge in [-0.15, -0.1) is 0 Å². The van der Waals surface area contributed by atoms with Crippen LogP contribution >= 0.6 is 0 Å². The monoisotopic (exact) mass is 295 g/mol. The molecule has 1 rings (SSSR count). The number of nitrogens with zero attached hydrogens (tertiary/aromatic N) is 1. The molecule has 0 bridgehead atoms. The Morgan fingerprint density at radius 2 is 1.38 bits per heavy atom. The van der Waals surface area contributed by atoms with E-state index in [4.69, 9.17) is 0 Å². The van der Waals surface area contributed by atoms with Crippen LogP contribution in [-0.4, -0.2) is 23.5 Å². The van der Waals surface area contributed by atoms with Gasteiger partial charge in [-0.1, -0.05) is 48.5 Å². The van der Waals surface area contributed by atoms with E-state index >= 15 is 0 Å². The highest BCUT2D eigenvalue weighted by Gasteiger charge is 2.38. The number of hydrogen-bond acceptors (Lipinski definition) is 1. The lowest BCUT2D eigenvalue weighted by Gasteiger charge is -2.48. The Hall–Kier alpha value is -0.0400. The van der Waals surface area contributed by atoms with Crippen molar-refractivity contribution in [1.29, 1.82) is 0 Å². The molecule has 0 spiro atoms. The van der Waals surface area contributed by atoms with Gasteiger partial charge in [0, 0.05) is 5.54 Å². The summed E-state index contributed by atoms with van der Waals surface area (Å²) >= 11 is 0. The van der Waals surface area contributed by atoms with E-state index in [0.717, 1.165) is 11.8 Å². The molecule has 0 amide bonds. The first-order valence-corrected chi connectivity index (χ1v) is 9.08. The molecule has 1 fully saturated rings. The van der Waals surface area contributed by atoms with Gasteiger partial charge in [-0.3, -0.25) is 4.90 Å². The Morgan fingerprint density at radius 1 is 0.905 bits per heavy atom. The highest BCUT2D eigenvalue weighted by Crippen LogP contribution is 2.44. The SMILES string of the molecule is CC(C)CC(C)(C)N1CCC(C(C)(C)CC(C)(C)C)CC1. The van der Waals surface area contributed by atoms with Gasteiger partial charge in [0.1, 0.15) is 0 Å². The maximum absolute atomic E-state index is 2.75. The number of hydrogen-bond donors (Lipinski definition) is 0. The van der Waals surface area contributed by atoms with Crippen LogP contribution in [0.15, 0.2) is 0 Å². The lowest BCUT2D eigenvalue weighted by atomic mass is 9.66. The molecule has 1 aliphatic heterocycles. The van der Waals surface area contributed by atoms with E-state index < -0.39 is 0 Å². The van der Waals surface area contributed by atoms with Crippen LogP contribution < -0.4 is 0 Å². The summed E-state index contributed by atoms with van der Waals surface area (Å²) in [6, 6.07) is 0. The summed E-state index contributed by atoms with van der Waals surface area (Å²) in [4.78, 5) is 2.75. The normalized spacial score (nSPS) is 20.3. The second kappa shape index (κ2) is 6.60. The molecule has 0 unspecified atom stereocenters. The topological polar surface area (TPSA) is 3.24 Å². The number of piperidine rings is 1. The van der Waals surface area contributed by atoms with Crippen LogP contribution in [0.25, 0.3) is 0 Å². The van der Waals surface area contributed by atoms with Gasteiger partial charge in [-0.25, -0.2) is 0 Å². The Kier molecular flexibility index (Phi) is 5.98. The first-order valence-electron chi connectivity index (χ1n) is 9.08. The van der Waals surface area contributed by atoms with E-state index in [1.54, 1.807) is 0 Å². The summed E-state index contributed by atoms with van der Waals surface area (Å²) in [6.45, 7) is 24.3. The molecule has 126 valence electrons. The highest BCUT2D eigenvalue weighted by atomic mass is 15.2. The number of rotatable bonds is 5. The van der Waals surface area contributed by atoms with E-state index in [-0.39, 0.29) is 0 Å². The second-order valence-electron chi connectivity index (χ2n) is 10.4. The van der Waals surface area contributed by atoms with Crippen LogP contribution in [0.2, 0.25) is 0 Å². The largest absolute Gasteiger partial charge is 0.298 e. The van der Waals surface area contributed by atoms with Gasteiger partial charge in [0.2, 0.25) is 0 Å². The van der Waals surface area contributed by atoms with Gasteiger partial charge in [-0.05, 0) is 75.3 Å². The zero-order chi connectivity index (χ0) is 16.5. The van der Waals surface area contributed by atoms with Crippen molar-refractivity contribution in [2.45, 2.75) is 93.5 Å². The molecule has 1 heteroatoms. The molecule has 1 heterocycles. The summed E-state index contributed by atoms with van der Waals surface area (Å²) in [6.07, 6.45) is 5.40. The van der Waals surface area contributed by atoms with Gasteiger partial charge in [-0.2, -0.15) is 0 Å². The second-order valence-corrected chi connectivity index (χ2v) is 10.4. The van der Waals surface area contributed by atoms with Gasteiger partial charge in [0.15, 0.2) is 0 Å². The van der Waals surface area contributed by atoms with Gasteiger partial charge >= 0.3 is 0 Å². The maximum Gasteiger partial charge on any atom is 0.0155 e. The summed E-state index contributed by atoms with van der Waals surface area (Å²) < 4.78 is 0. The first-order chi connectivity index (χ1) is 9.33. The molecule has 1 nitrogen and oxygen atoms in total. The van der Waals surface area contributed by atoms with Crippen LogP contribution in [-0.2, 0) is 0 Å². The van der Waals surface area contributed by atoms with Crippen LogP contribution in [0.3, 0.4) is 0 Å². The van der Waals surface area contributed by atoms with Crippen molar-refractivity contribution >= 4 is 0 Å². The minimum Gasteiger partial charge on any atom is -0.298 e. The molecule has 0 radical (unpaired) electrons. The van der Waals surface area contributed by atoms with Gasteiger partial charge in [0.05, 0.1) is 0 Å². The Morgan fingerprint density at radius 3 is 1.76 bits per heavy atom. The molecular formula is C20H41N. The summed E-state index contributed by atoms with van der Waals surface area (Å²) in [7, 11) is 0. The average Bonchev–Trinajstić information content (AvgIpc) is 2.24. The number of likely N-dealkylation sites (tertiary alicyclic amines) is 1. The highest BCUT2D eigenvalue weighted by molar-refractivity contribution is 4.91. The third-order valence-electron chi connectivity index (χ3n) is 5.35. The average molecular weight is 296 g/mol. The van der Waals surface area contributed by atoms with Crippen molar-refractivity contribution in [1.82, 2.24) is 4.90 Å². The molecule has 0 N–H and O–H groups in total. The first kappa shape index (κ1) is 19.0. The van der Waals surface area contributed by atoms with Gasteiger partial charge < -0.3 is 0 Å². The molecule has 0 aliphatic carbocycles. The minimum absolute atomic E-state index is 0.368. The van der Waals surface area contributed by atoms with Crippen molar-refractivity contribution in [3.63, 3.8) is 0 Å². The quantitative estimate of drug-likeness (QED) is 0.602. The predicted molar refractivity (Wildman–Crippen MR) is 95.7 cm³/mol. The Labute approximate surface area is 134 Å². The summed E-state index contributed by atoms with van der Waals surface area (Å²) in [5, 5.41) is 0. The molecule has 1 aliphatic rings. The van der Waals surface area contributed by atoms with Crippen LogP contribution in [0.4, 0.5) is 0 Å². The lowest BCUT2D eigenvalue weighted by Crippen LogP contribution is -2.50. The van der Waals surface area contributed by atoms with Gasteiger partial charge in [0.25, 0.3) is 0 Å². The smallest absolute Gasteiger partial charge is 0.0155 e. The lowest BCUT2D eigenvalue weighted by molar-refractivity contribution is 0.0162. The van der Waals surface area contributed by atoms with Crippen molar-refractivity contribution in [3.8, 4) is 0 Å². The maximum atomic E-state index is 2.75. The zero-order valence-electron chi connectivity index (χ0n) is 16.3. The van der Waals surface area contributed by atoms with E-state index in [0.29, 0.717) is 16.4 Å². The minimum atomic E-state index is 0.368. The Balaban J connectivity index is 2.59. The molecule has 21 heavy (non-hydrogen) atoms.